The Kier molecular flexibility index (Phi) is 7.89. The number of esters is 1. The third-order valence-corrected chi connectivity index (χ3v) is 3.12. The third kappa shape index (κ3) is 6.20. The van der Waals surface area contributed by atoms with Crippen LogP contribution in [0.1, 0.15) is 15.9 Å². The summed E-state index contributed by atoms with van der Waals surface area (Å²) in [7, 11) is 4.93. The highest BCUT2D eigenvalue weighted by molar-refractivity contribution is 5.89. The van der Waals surface area contributed by atoms with E-state index in [-0.39, 0.29) is 5.56 Å². The minimum Gasteiger partial charge on any atom is -0.465 e. The van der Waals surface area contributed by atoms with Crippen LogP contribution in [0.4, 0.5) is 4.39 Å². The summed E-state index contributed by atoms with van der Waals surface area (Å²) in [5.74, 6) is -1.22. The van der Waals surface area contributed by atoms with Crippen LogP contribution < -0.4 is 5.32 Å². The molecule has 0 aliphatic heterocycles. The minimum absolute atomic E-state index is 0.0412. The molecule has 0 aliphatic carbocycles. The van der Waals surface area contributed by atoms with E-state index in [0.717, 1.165) is 25.2 Å². The molecule has 0 aromatic heterocycles. The monoisotopic (exact) mass is 298 g/mol. The molecule has 1 aromatic carbocycles. The smallest absolute Gasteiger partial charge is 0.340 e. The molecule has 0 atom stereocenters. The molecule has 0 saturated carbocycles. The van der Waals surface area contributed by atoms with E-state index >= 15 is 0 Å². The Labute approximate surface area is 125 Å². The number of nitrogens with zero attached hydrogens (tertiary/aromatic N) is 1. The molecule has 21 heavy (non-hydrogen) atoms. The number of hydrogen-bond acceptors (Lipinski definition) is 5. The lowest BCUT2D eigenvalue weighted by Gasteiger charge is -2.16. The molecule has 0 aliphatic rings. The number of benzene rings is 1. The van der Waals surface area contributed by atoms with Crippen LogP contribution in [0.2, 0.25) is 0 Å². The molecular formula is C15H23FN2O3. The van der Waals surface area contributed by atoms with Gasteiger partial charge in [0.25, 0.3) is 0 Å². The molecule has 0 saturated heterocycles. The van der Waals surface area contributed by atoms with Crippen molar-refractivity contribution >= 4 is 5.97 Å². The first-order valence-electron chi connectivity index (χ1n) is 6.83. The van der Waals surface area contributed by atoms with Gasteiger partial charge in [-0.05, 0) is 24.7 Å². The SMILES string of the molecule is COCCN(C)CCNCc1ccc(C(=O)OC)c(F)c1. The standard InChI is InChI=1S/C15H23FN2O3/c1-18(8-9-20-2)7-6-17-11-12-4-5-13(14(16)10-12)15(19)21-3/h4-5,10,17H,6-9,11H2,1-3H3. The van der Waals surface area contributed by atoms with Crippen LogP contribution in [0.25, 0.3) is 0 Å². The largest absolute Gasteiger partial charge is 0.465 e. The van der Waals surface area contributed by atoms with E-state index in [1.54, 1.807) is 13.2 Å². The number of nitrogens with one attached hydrogen (secondary N) is 1. The van der Waals surface area contributed by atoms with E-state index in [1.807, 2.05) is 7.05 Å². The Hall–Kier alpha value is -1.50. The van der Waals surface area contributed by atoms with E-state index in [1.165, 1.54) is 19.2 Å². The van der Waals surface area contributed by atoms with Gasteiger partial charge in [-0.15, -0.1) is 0 Å². The number of likely N-dealkylation sites (N-methyl/N-ethyl adjacent to an activating group) is 1. The van der Waals surface area contributed by atoms with Gasteiger partial charge >= 0.3 is 5.97 Å². The predicted molar refractivity (Wildman–Crippen MR) is 78.8 cm³/mol. The molecule has 0 spiro atoms. The Morgan fingerprint density at radius 3 is 2.71 bits per heavy atom. The molecule has 0 amide bonds. The van der Waals surface area contributed by atoms with Crippen molar-refractivity contribution in [3.63, 3.8) is 0 Å². The van der Waals surface area contributed by atoms with Crippen molar-refractivity contribution in [2.24, 2.45) is 0 Å². The fraction of sp³-hybridized carbons (Fsp3) is 0.533. The first kappa shape index (κ1) is 17.6. The maximum absolute atomic E-state index is 13.7. The molecule has 0 radical (unpaired) electrons. The summed E-state index contributed by atoms with van der Waals surface area (Å²) < 4.78 is 23.2. The highest BCUT2D eigenvalue weighted by atomic mass is 19.1. The first-order valence-corrected chi connectivity index (χ1v) is 6.83. The summed E-state index contributed by atoms with van der Waals surface area (Å²) in [6.45, 7) is 3.81. The maximum atomic E-state index is 13.7. The van der Waals surface area contributed by atoms with E-state index < -0.39 is 11.8 Å². The van der Waals surface area contributed by atoms with Gasteiger partial charge in [0.15, 0.2) is 0 Å². The second-order valence-electron chi connectivity index (χ2n) is 4.78. The average Bonchev–Trinajstić information content (AvgIpc) is 2.49. The van der Waals surface area contributed by atoms with Gasteiger partial charge in [-0.3, -0.25) is 0 Å². The summed E-state index contributed by atoms with van der Waals surface area (Å²) in [5, 5.41) is 3.23. The van der Waals surface area contributed by atoms with Crippen molar-refractivity contribution in [3.05, 3.63) is 35.1 Å². The van der Waals surface area contributed by atoms with Crippen LogP contribution in [0.5, 0.6) is 0 Å². The molecule has 1 N–H and O–H groups in total. The van der Waals surface area contributed by atoms with Crippen molar-refractivity contribution in [2.45, 2.75) is 6.54 Å². The molecule has 5 nitrogen and oxygen atoms in total. The number of hydrogen-bond donors (Lipinski definition) is 1. The molecule has 1 rings (SSSR count). The zero-order chi connectivity index (χ0) is 15.7. The van der Waals surface area contributed by atoms with E-state index in [4.69, 9.17) is 4.74 Å². The second kappa shape index (κ2) is 9.44. The van der Waals surface area contributed by atoms with Crippen LogP contribution in [0.3, 0.4) is 0 Å². The molecule has 0 heterocycles. The van der Waals surface area contributed by atoms with Crippen molar-refractivity contribution < 1.29 is 18.7 Å². The zero-order valence-electron chi connectivity index (χ0n) is 12.8. The number of halogens is 1. The van der Waals surface area contributed by atoms with E-state index in [2.05, 4.69) is 15.0 Å². The van der Waals surface area contributed by atoms with Gasteiger partial charge in [0.2, 0.25) is 0 Å². The Morgan fingerprint density at radius 2 is 2.10 bits per heavy atom. The van der Waals surface area contributed by atoms with Crippen LogP contribution >= 0.6 is 0 Å². The van der Waals surface area contributed by atoms with Crippen molar-refractivity contribution in [1.29, 1.82) is 0 Å². The van der Waals surface area contributed by atoms with Gasteiger partial charge in [0.1, 0.15) is 5.82 Å². The van der Waals surface area contributed by atoms with Crippen molar-refractivity contribution in [3.8, 4) is 0 Å². The van der Waals surface area contributed by atoms with Gasteiger partial charge in [0, 0.05) is 33.3 Å². The Balaban J connectivity index is 2.36. The highest BCUT2D eigenvalue weighted by Gasteiger charge is 2.11. The minimum atomic E-state index is -0.660. The van der Waals surface area contributed by atoms with Gasteiger partial charge in [-0.25, -0.2) is 9.18 Å². The number of carbonyl (C=O) groups excluding carboxylic acids is 1. The number of ether oxygens (including phenoxy) is 2. The summed E-state index contributed by atoms with van der Waals surface area (Å²) >= 11 is 0. The van der Waals surface area contributed by atoms with Crippen LogP contribution in [0, 0.1) is 5.82 Å². The third-order valence-electron chi connectivity index (χ3n) is 3.12. The molecule has 0 fully saturated rings. The van der Waals surface area contributed by atoms with Crippen molar-refractivity contribution in [2.75, 3.05) is 47.5 Å². The molecular weight excluding hydrogens is 275 g/mol. The van der Waals surface area contributed by atoms with E-state index in [0.29, 0.717) is 13.2 Å². The fourth-order valence-electron chi connectivity index (χ4n) is 1.81. The molecule has 1 aromatic rings. The average molecular weight is 298 g/mol. The number of rotatable bonds is 9. The molecule has 0 bridgehead atoms. The lowest BCUT2D eigenvalue weighted by atomic mass is 10.1. The van der Waals surface area contributed by atoms with Crippen LogP contribution in [0.15, 0.2) is 18.2 Å². The second-order valence-corrected chi connectivity index (χ2v) is 4.78. The summed E-state index contributed by atoms with van der Waals surface area (Å²) in [4.78, 5) is 13.4. The van der Waals surface area contributed by atoms with E-state index in [9.17, 15) is 9.18 Å². The maximum Gasteiger partial charge on any atom is 0.340 e. The summed E-state index contributed by atoms with van der Waals surface area (Å²) in [6, 6.07) is 4.52. The highest BCUT2D eigenvalue weighted by Crippen LogP contribution is 2.11. The normalized spacial score (nSPS) is 10.9. The van der Waals surface area contributed by atoms with Gasteiger partial charge in [0.05, 0.1) is 19.3 Å². The van der Waals surface area contributed by atoms with Crippen LogP contribution in [-0.4, -0.2) is 58.4 Å². The van der Waals surface area contributed by atoms with Gasteiger partial charge in [-0.2, -0.15) is 0 Å². The van der Waals surface area contributed by atoms with Gasteiger partial charge < -0.3 is 19.7 Å². The number of carbonyl (C=O) groups is 1. The fourth-order valence-corrected chi connectivity index (χ4v) is 1.81. The molecule has 118 valence electrons. The Morgan fingerprint density at radius 1 is 1.33 bits per heavy atom. The lowest BCUT2D eigenvalue weighted by Crippen LogP contribution is -2.31. The summed E-state index contributed by atoms with van der Waals surface area (Å²) in [6.07, 6.45) is 0. The van der Waals surface area contributed by atoms with Crippen LogP contribution in [-0.2, 0) is 16.0 Å². The predicted octanol–water partition coefficient (Wildman–Crippen LogP) is 1.28. The van der Waals surface area contributed by atoms with Crippen molar-refractivity contribution in [1.82, 2.24) is 10.2 Å². The summed E-state index contributed by atoms with van der Waals surface area (Å²) in [5.41, 5.74) is 0.750. The quantitative estimate of drug-likeness (QED) is 0.550. The zero-order valence-corrected chi connectivity index (χ0v) is 12.8. The Bertz CT molecular complexity index is 455. The number of methoxy groups -OCH3 is 2. The molecule has 0 unspecified atom stereocenters. The van der Waals surface area contributed by atoms with Gasteiger partial charge in [-0.1, -0.05) is 6.07 Å². The topological polar surface area (TPSA) is 50.8 Å². The molecule has 6 heteroatoms. The first-order chi connectivity index (χ1) is 10.1. The lowest BCUT2D eigenvalue weighted by molar-refractivity contribution is 0.0595.